The molecule has 2 heterocycles. The molecular formula is C22H6N6S2. The van der Waals surface area contributed by atoms with E-state index in [0.717, 1.165) is 42.0 Å². The van der Waals surface area contributed by atoms with E-state index in [4.69, 9.17) is 22.4 Å². The van der Waals surface area contributed by atoms with Crippen LogP contribution in [0.2, 0.25) is 0 Å². The van der Waals surface area contributed by atoms with Crippen LogP contribution < -0.4 is 9.33 Å². The molecule has 0 N–H and O–H groups in total. The molecule has 0 bridgehead atoms. The van der Waals surface area contributed by atoms with Crippen LogP contribution >= 0.6 is 22.7 Å². The van der Waals surface area contributed by atoms with E-state index in [0.29, 0.717) is 9.33 Å². The van der Waals surface area contributed by atoms with Crippen LogP contribution in [0.1, 0.15) is 0 Å². The van der Waals surface area contributed by atoms with E-state index in [-0.39, 0.29) is 11.3 Å². The van der Waals surface area contributed by atoms with Crippen molar-refractivity contribution < 1.29 is 0 Å². The summed E-state index contributed by atoms with van der Waals surface area (Å²) in [5.74, 6) is 0. The van der Waals surface area contributed by atoms with Gasteiger partial charge in [0.15, 0.2) is 5.57 Å². The zero-order valence-corrected chi connectivity index (χ0v) is 16.6. The third-order valence-corrected chi connectivity index (χ3v) is 6.99. The number of fused-ring (bicyclic) bond motifs is 7. The molecule has 5 rings (SSSR count). The molecule has 0 aliphatic heterocycles. The van der Waals surface area contributed by atoms with E-state index in [1.54, 1.807) is 0 Å². The molecule has 0 aliphatic carbocycles. The Hall–Kier alpha value is -4.34. The number of thiazole rings is 2. The van der Waals surface area contributed by atoms with Gasteiger partial charge in [-0.25, -0.2) is 20.1 Å². The average Bonchev–Trinajstić information content (AvgIpc) is 3.39. The van der Waals surface area contributed by atoms with Crippen molar-refractivity contribution >= 4 is 75.9 Å². The molecular weight excluding hydrogens is 412 g/mol. The fourth-order valence-electron chi connectivity index (χ4n) is 3.44. The number of benzene rings is 3. The monoisotopic (exact) mass is 418 g/mol. The Balaban J connectivity index is 1.91. The maximum absolute atomic E-state index is 9.16. The van der Waals surface area contributed by atoms with Gasteiger partial charge in [0.25, 0.3) is 5.70 Å². The molecule has 30 heavy (non-hydrogen) atoms. The second-order valence-electron chi connectivity index (χ2n) is 6.29. The summed E-state index contributed by atoms with van der Waals surface area (Å²) in [7, 11) is 0. The van der Waals surface area contributed by atoms with Gasteiger partial charge in [0.05, 0.1) is 33.1 Å². The summed E-state index contributed by atoms with van der Waals surface area (Å²) in [5, 5.41) is 31.5. The number of nitriles is 3. The lowest BCUT2D eigenvalue weighted by Gasteiger charge is -2.05. The summed E-state index contributed by atoms with van der Waals surface area (Å²) in [6.45, 7) is 7.16. The molecule has 0 spiro atoms. The summed E-state index contributed by atoms with van der Waals surface area (Å²) in [5.41, 5.74) is 1.50. The van der Waals surface area contributed by atoms with Gasteiger partial charge in [-0.3, -0.25) is 0 Å². The van der Waals surface area contributed by atoms with Gasteiger partial charge in [-0.15, -0.1) is 22.7 Å². The maximum Gasteiger partial charge on any atom is 0.296 e. The molecule has 2 aromatic heterocycles. The van der Waals surface area contributed by atoms with Crippen LogP contribution in [0.5, 0.6) is 0 Å². The molecule has 0 aliphatic rings. The summed E-state index contributed by atoms with van der Waals surface area (Å²) in [4.78, 5) is 12.2. The quantitative estimate of drug-likeness (QED) is 0.280. The van der Waals surface area contributed by atoms with E-state index in [1.807, 2.05) is 54.6 Å². The standard InChI is InChI=1S/C22H6N6S2/c1-26-18(10-25)22-28-17-7-5-13-12-4-6-16-19(29-21(27-16)11(8-23)9-24)14(12)2-3-15(13)20(17)30-22/h2-7H/b22-18+. The van der Waals surface area contributed by atoms with Crippen molar-refractivity contribution in [1.82, 2.24) is 9.97 Å². The predicted molar refractivity (Wildman–Crippen MR) is 117 cm³/mol. The first-order valence-corrected chi connectivity index (χ1v) is 10.2. The smallest absolute Gasteiger partial charge is 0.248 e. The lowest BCUT2D eigenvalue weighted by Crippen LogP contribution is -2.00. The summed E-state index contributed by atoms with van der Waals surface area (Å²) < 4.78 is 2.69. The van der Waals surface area contributed by atoms with Gasteiger partial charge in [0, 0.05) is 10.8 Å². The Kier molecular flexibility index (Phi) is 3.91. The molecule has 8 heteroatoms. The van der Waals surface area contributed by atoms with E-state index in [9.17, 15) is 0 Å². The van der Waals surface area contributed by atoms with Crippen LogP contribution in [0, 0.1) is 40.6 Å². The second-order valence-corrected chi connectivity index (χ2v) is 8.29. The molecule has 0 saturated carbocycles. The third-order valence-electron chi connectivity index (χ3n) is 4.76. The van der Waals surface area contributed by atoms with Crippen LogP contribution in [-0.4, -0.2) is 9.97 Å². The normalized spacial score (nSPS) is 11.7. The minimum atomic E-state index is -0.00826. The van der Waals surface area contributed by atoms with Crippen LogP contribution in [0.4, 0.5) is 0 Å². The molecule has 0 radical (unpaired) electrons. The van der Waals surface area contributed by atoms with Gasteiger partial charge in [0.2, 0.25) is 0 Å². The molecule has 0 unspecified atom stereocenters. The lowest BCUT2D eigenvalue weighted by molar-refractivity contribution is 1.40. The van der Waals surface area contributed by atoms with Gasteiger partial charge >= 0.3 is 0 Å². The zero-order valence-electron chi connectivity index (χ0n) is 15.0. The molecule has 3 aromatic carbocycles. The highest BCUT2D eigenvalue weighted by molar-refractivity contribution is 7.18. The largest absolute Gasteiger partial charge is 0.296 e. The molecule has 5 aromatic rings. The van der Waals surface area contributed by atoms with Crippen LogP contribution in [0.15, 0.2) is 36.4 Å². The predicted octanol–water partition coefficient (Wildman–Crippen LogP) is 3.96. The van der Waals surface area contributed by atoms with E-state index in [2.05, 4.69) is 14.8 Å². The van der Waals surface area contributed by atoms with E-state index in [1.165, 1.54) is 22.7 Å². The van der Waals surface area contributed by atoms with Crippen LogP contribution in [0.3, 0.4) is 0 Å². The Morgan fingerprint density at radius 3 is 1.73 bits per heavy atom. The van der Waals surface area contributed by atoms with Gasteiger partial charge in [-0.1, -0.05) is 24.3 Å². The minimum Gasteiger partial charge on any atom is -0.248 e. The highest BCUT2D eigenvalue weighted by Gasteiger charge is 2.12. The van der Waals surface area contributed by atoms with Crippen molar-refractivity contribution in [3.05, 3.63) is 57.1 Å². The number of hydrogen-bond donors (Lipinski definition) is 0. The highest BCUT2D eigenvalue weighted by Crippen LogP contribution is 2.35. The average molecular weight is 418 g/mol. The number of hydrogen-bond acceptors (Lipinski definition) is 7. The Labute approximate surface area is 176 Å². The third kappa shape index (κ3) is 2.43. The Morgan fingerprint density at radius 2 is 1.23 bits per heavy atom. The fourth-order valence-corrected chi connectivity index (χ4v) is 5.51. The van der Waals surface area contributed by atoms with Crippen molar-refractivity contribution in [2.75, 3.05) is 0 Å². The van der Waals surface area contributed by atoms with Crippen LogP contribution in [0.25, 0.3) is 58.1 Å². The van der Waals surface area contributed by atoms with E-state index >= 15 is 0 Å². The summed E-state index contributed by atoms with van der Waals surface area (Å²) >= 11 is 2.68. The molecule has 6 nitrogen and oxygen atoms in total. The van der Waals surface area contributed by atoms with Crippen molar-refractivity contribution in [3.63, 3.8) is 0 Å². The SMILES string of the molecule is [C-]#[N+]/C(C#N)=c1\nc2ccc3c4ccc5nc(=C(C#N)C#N)sc5c4ccc3c2s1. The topological polar surface area (TPSA) is 102 Å². The number of nitrogens with zero attached hydrogens (tertiary/aromatic N) is 6. The first-order chi connectivity index (χ1) is 14.7. The first-order valence-electron chi connectivity index (χ1n) is 8.56. The van der Waals surface area contributed by atoms with Gasteiger partial charge in [0.1, 0.15) is 21.5 Å². The maximum atomic E-state index is 9.16. The fraction of sp³-hybridized carbons (Fsp3) is 0. The molecule has 0 amide bonds. The van der Waals surface area contributed by atoms with Crippen molar-refractivity contribution in [2.45, 2.75) is 0 Å². The zero-order chi connectivity index (χ0) is 20.8. The van der Waals surface area contributed by atoms with E-state index < -0.39 is 0 Å². The van der Waals surface area contributed by atoms with Gasteiger partial charge in [-0.2, -0.15) is 10.5 Å². The first kappa shape index (κ1) is 17.7. The molecule has 0 saturated heterocycles. The number of aromatic nitrogens is 2. The van der Waals surface area contributed by atoms with Gasteiger partial charge < -0.3 is 0 Å². The highest BCUT2D eigenvalue weighted by atomic mass is 32.1. The second kappa shape index (κ2) is 6.62. The van der Waals surface area contributed by atoms with Crippen molar-refractivity contribution in [1.29, 1.82) is 15.8 Å². The van der Waals surface area contributed by atoms with Crippen molar-refractivity contribution in [3.8, 4) is 18.2 Å². The Bertz CT molecular complexity index is 1680. The van der Waals surface area contributed by atoms with Crippen LogP contribution in [-0.2, 0) is 0 Å². The molecule has 0 fully saturated rings. The van der Waals surface area contributed by atoms with Crippen molar-refractivity contribution in [2.24, 2.45) is 0 Å². The minimum absolute atomic E-state index is 0.00777. The molecule has 0 atom stereocenters. The van der Waals surface area contributed by atoms with Gasteiger partial charge in [-0.05, 0) is 22.9 Å². The molecule has 136 valence electrons. The number of rotatable bonds is 0. The summed E-state index contributed by atoms with van der Waals surface area (Å²) in [6, 6.07) is 17.5. The lowest BCUT2D eigenvalue weighted by atomic mass is 10.0. The summed E-state index contributed by atoms with van der Waals surface area (Å²) in [6.07, 6.45) is 0. The Morgan fingerprint density at radius 1 is 0.733 bits per heavy atom.